The maximum absolute atomic E-state index is 5.65. The molecule has 1 heterocycles. The van der Waals surface area contributed by atoms with Crippen LogP contribution in [0.3, 0.4) is 0 Å². The lowest BCUT2D eigenvalue weighted by molar-refractivity contribution is 0.308. The van der Waals surface area contributed by atoms with Crippen LogP contribution in [0, 0.1) is 0 Å². The largest absolute Gasteiger partial charge is 0.380 e. The molecule has 2 rings (SSSR count). The molecule has 1 aromatic carbocycles. The second-order valence-electron chi connectivity index (χ2n) is 4.03. The first-order valence-corrected chi connectivity index (χ1v) is 5.85. The third kappa shape index (κ3) is 3.52. The lowest BCUT2D eigenvalue weighted by Gasteiger charge is -1.94. The van der Waals surface area contributed by atoms with Gasteiger partial charge in [-0.25, -0.2) is 4.63 Å². The number of nitrogens with zero attached hydrogens (tertiary/aromatic N) is 4. The molecule has 0 amide bonds. The van der Waals surface area contributed by atoms with E-state index in [4.69, 9.17) is 11.5 Å². The maximum Gasteiger partial charge on any atom is 0.199 e. The van der Waals surface area contributed by atoms with Crippen LogP contribution in [-0.2, 0) is 0 Å². The molecule has 0 spiro atoms. The first-order valence-electron chi connectivity index (χ1n) is 5.85. The first kappa shape index (κ1) is 13.5. The fourth-order valence-electron chi connectivity index (χ4n) is 1.45. The molecule has 20 heavy (non-hydrogen) atoms. The van der Waals surface area contributed by atoms with Gasteiger partial charge < -0.3 is 11.5 Å². The summed E-state index contributed by atoms with van der Waals surface area (Å²) in [4.78, 5) is 0. The van der Waals surface area contributed by atoms with Gasteiger partial charge in [-0.05, 0) is 28.4 Å². The highest BCUT2D eigenvalue weighted by molar-refractivity contribution is 5.99. The van der Waals surface area contributed by atoms with E-state index in [0.717, 1.165) is 11.1 Å². The Morgan fingerprint density at radius 3 is 2.65 bits per heavy atom. The number of allylic oxidation sites excluding steroid dienone is 1. The smallest absolute Gasteiger partial charge is 0.199 e. The Kier molecular flexibility index (Phi) is 4.23. The summed E-state index contributed by atoms with van der Waals surface area (Å²) in [5.74, 6) is 0.130. The minimum Gasteiger partial charge on any atom is -0.380 e. The van der Waals surface area contributed by atoms with Crippen molar-refractivity contribution in [3.8, 4) is 0 Å². The van der Waals surface area contributed by atoms with Crippen LogP contribution in [0.4, 0.5) is 5.82 Å². The van der Waals surface area contributed by atoms with Gasteiger partial charge >= 0.3 is 0 Å². The number of amidine groups is 1. The van der Waals surface area contributed by atoms with Crippen molar-refractivity contribution in [2.24, 2.45) is 15.9 Å². The maximum atomic E-state index is 5.65. The van der Waals surface area contributed by atoms with Crippen molar-refractivity contribution in [3.05, 3.63) is 47.2 Å². The van der Waals surface area contributed by atoms with Crippen molar-refractivity contribution in [2.75, 3.05) is 5.73 Å². The van der Waals surface area contributed by atoms with Gasteiger partial charge in [0.1, 0.15) is 0 Å². The van der Waals surface area contributed by atoms with E-state index in [9.17, 15) is 0 Å². The Hall–Kier alpha value is -2.96. The van der Waals surface area contributed by atoms with Gasteiger partial charge in [-0.2, -0.15) is 5.10 Å². The van der Waals surface area contributed by atoms with Gasteiger partial charge in [0.25, 0.3) is 0 Å². The predicted molar refractivity (Wildman–Crippen MR) is 78.0 cm³/mol. The van der Waals surface area contributed by atoms with Gasteiger partial charge in [0.05, 0.1) is 6.21 Å². The van der Waals surface area contributed by atoms with E-state index in [-0.39, 0.29) is 17.3 Å². The molecule has 0 unspecified atom stereocenters. The molecule has 0 aliphatic heterocycles. The summed E-state index contributed by atoms with van der Waals surface area (Å²) < 4.78 is 4.42. The lowest BCUT2D eigenvalue weighted by Crippen LogP contribution is -2.15. The molecule has 0 aliphatic rings. The van der Waals surface area contributed by atoms with Crippen molar-refractivity contribution in [3.63, 3.8) is 0 Å². The Labute approximate surface area is 115 Å². The van der Waals surface area contributed by atoms with E-state index in [2.05, 4.69) is 25.1 Å². The van der Waals surface area contributed by atoms with Crippen molar-refractivity contribution in [2.45, 2.75) is 6.92 Å². The number of nitrogen functional groups attached to an aromatic ring is 1. The van der Waals surface area contributed by atoms with Crippen molar-refractivity contribution in [1.82, 2.24) is 10.3 Å². The zero-order valence-corrected chi connectivity index (χ0v) is 10.9. The molecule has 1 aromatic heterocycles. The monoisotopic (exact) mass is 270 g/mol. The fourth-order valence-corrected chi connectivity index (χ4v) is 1.45. The summed E-state index contributed by atoms with van der Waals surface area (Å²) in [6.45, 7) is 1.91. The minimum atomic E-state index is 0.0486. The first-order chi connectivity index (χ1) is 9.66. The molecule has 0 fully saturated rings. The van der Waals surface area contributed by atoms with Crippen LogP contribution in [0.15, 0.2) is 50.7 Å². The SMILES string of the molecule is CC(/C=N\N=C(\N)c1nonc1N)=C\c1ccccc1. The molecule has 7 nitrogen and oxygen atoms in total. The second kappa shape index (κ2) is 6.28. The topological polar surface area (TPSA) is 116 Å². The summed E-state index contributed by atoms with van der Waals surface area (Å²) in [6.07, 6.45) is 3.56. The van der Waals surface area contributed by atoms with E-state index in [1.54, 1.807) is 6.21 Å². The van der Waals surface area contributed by atoms with Crippen molar-refractivity contribution in [1.29, 1.82) is 0 Å². The zero-order valence-electron chi connectivity index (χ0n) is 10.9. The number of hydrogen-bond donors (Lipinski definition) is 2. The molecule has 2 aromatic rings. The lowest BCUT2D eigenvalue weighted by atomic mass is 10.1. The van der Waals surface area contributed by atoms with E-state index >= 15 is 0 Å². The molecule has 0 atom stereocenters. The molecule has 4 N–H and O–H groups in total. The van der Waals surface area contributed by atoms with Crippen LogP contribution in [0.25, 0.3) is 6.08 Å². The van der Waals surface area contributed by atoms with Gasteiger partial charge in [-0.1, -0.05) is 36.4 Å². The van der Waals surface area contributed by atoms with Crippen molar-refractivity contribution >= 4 is 23.9 Å². The normalized spacial score (nSPS) is 13.1. The van der Waals surface area contributed by atoms with Crippen molar-refractivity contribution < 1.29 is 4.63 Å². The number of rotatable bonds is 4. The molecular weight excluding hydrogens is 256 g/mol. The highest BCUT2D eigenvalue weighted by atomic mass is 16.6. The Bertz CT molecular complexity index is 657. The van der Waals surface area contributed by atoms with Crippen LogP contribution >= 0.6 is 0 Å². The van der Waals surface area contributed by atoms with E-state index in [1.807, 2.05) is 43.3 Å². The second-order valence-corrected chi connectivity index (χ2v) is 4.03. The Morgan fingerprint density at radius 1 is 1.25 bits per heavy atom. The minimum absolute atomic E-state index is 0.0486. The van der Waals surface area contributed by atoms with Gasteiger partial charge in [-0.3, -0.25) is 0 Å². The summed E-state index contributed by atoms with van der Waals surface area (Å²) in [5.41, 5.74) is 13.3. The predicted octanol–water partition coefficient (Wildman–Crippen LogP) is 1.45. The number of aromatic nitrogens is 2. The van der Waals surface area contributed by atoms with Crippen LogP contribution in [0.1, 0.15) is 18.2 Å². The Balaban J connectivity index is 2.06. The Morgan fingerprint density at radius 2 is 2.00 bits per heavy atom. The van der Waals surface area contributed by atoms with Crippen LogP contribution < -0.4 is 11.5 Å². The number of hydrogen-bond acceptors (Lipinski definition) is 6. The van der Waals surface area contributed by atoms with Crippen LogP contribution in [0.2, 0.25) is 0 Å². The molecule has 0 saturated heterocycles. The number of benzene rings is 1. The number of nitrogens with two attached hydrogens (primary N) is 2. The third-order valence-corrected chi connectivity index (χ3v) is 2.38. The van der Waals surface area contributed by atoms with Gasteiger partial charge in [0, 0.05) is 0 Å². The molecule has 0 bridgehead atoms. The summed E-state index contributed by atoms with van der Waals surface area (Å²) in [7, 11) is 0. The third-order valence-electron chi connectivity index (χ3n) is 2.38. The standard InChI is InChI=1S/C13H14N6O/c1-9(7-10-5-3-2-4-6-10)8-16-17-12(14)11-13(15)19-20-18-11/h2-8H,1H3,(H2,14,17)(H2,15,19)/b9-7+,16-8-. The quantitative estimate of drug-likeness (QED) is 0.495. The molecular formula is C13H14N6O. The highest BCUT2D eigenvalue weighted by Gasteiger charge is 2.09. The van der Waals surface area contributed by atoms with Gasteiger partial charge in [0.2, 0.25) is 0 Å². The average molecular weight is 270 g/mol. The number of anilines is 1. The summed E-state index contributed by atoms with van der Waals surface area (Å²) in [6, 6.07) is 9.88. The summed E-state index contributed by atoms with van der Waals surface area (Å²) >= 11 is 0. The molecule has 7 heteroatoms. The molecule has 0 saturated carbocycles. The van der Waals surface area contributed by atoms with E-state index in [0.29, 0.717) is 0 Å². The highest BCUT2D eigenvalue weighted by Crippen LogP contribution is 2.05. The molecule has 0 radical (unpaired) electrons. The summed E-state index contributed by atoms with van der Waals surface area (Å²) in [5, 5.41) is 14.6. The average Bonchev–Trinajstić information content (AvgIpc) is 2.86. The molecule has 0 aliphatic carbocycles. The van der Waals surface area contributed by atoms with Crippen LogP contribution in [-0.4, -0.2) is 22.4 Å². The fraction of sp³-hybridized carbons (Fsp3) is 0.0769. The molecule has 102 valence electrons. The van der Waals surface area contributed by atoms with Gasteiger partial charge in [0.15, 0.2) is 17.3 Å². The van der Waals surface area contributed by atoms with Crippen LogP contribution in [0.5, 0.6) is 0 Å². The van der Waals surface area contributed by atoms with E-state index < -0.39 is 0 Å². The van der Waals surface area contributed by atoms with Gasteiger partial charge in [-0.15, -0.1) is 5.10 Å². The van der Waals surface area contributed by atoms with E-state index in [1.165, 1.54) is 0 Å². The zero-order chi connectivity index (χ0) is 14.4.